The molecule has 0 aliphatic carbocycles. The van der Waals surface area contributed by atoms with Crippen molar-refractivity contribution in [3.63, 3.8) is 0 Å². The monoisotopic (exact) mass is 712 g/mol. The van der Waals surface area contributed by atoms with Crippen molar-refractivity contribution in [2.45, 2.75) is 36.6 Å². The Morgan fingerprint density at radius 3 is 2.26 bits per heavy atom. The van der Waals surface area contributed by atoms with E-state index in [1.54, 1.807) is 0 Å². The molecular weight excluding hydrogens is 692 g/mol. The van der Waals surface area contributed by atoms with Gasteiger partial charge < -0.3 is 19.7 Å². The molecule has 1 aliphatic heterocycles. The molecule has 2 aromatic heterocycles. The van der Waals surface area contributed by atoms with Crippen LogP contribution in [0.25, 0.3) is 10.3 Å². The lowest BCUT2D eigenvalue weighted by Gasteiger charge is -2.39. The van der Waals surface area contributed by atoms with E-state index in [2.05, 4.69) is 29.7 Å². The third kappa shape index (κ3) is 8.14. The fourth-order valence-corrected chi connectivity index (χ4v) is 6.97. The van der Waals surface area contributed by atoms with Crippen LogP contribution in [0.4, 0.5) is 40.3 Å². The number of halogens is 8. The number of hydrogen-bond donors (Lipinski definition) is 1. The molecule has 1 atom stereocenters. The molecule has 1 fully saturated rings. The van der Waals surface area contributed by atoms with Crippen LogP contribution >= 0.6 is 11.3 Å². The Labute approximate surface area is 263 Å². The van der Waals surface area contributed by atoms with E-state index in [-0.39, 0.29) is 52.3 Å². The molecule has 1 saturated heterocycles. The van der Waals surface area contributed by atoms with Gasteiger partial charge in [-0.2, -0.15) is 31.2 Å². The third-order valence-electron chi connectivity index (χ3n) is 6.58. The number of hydrogen-bond acceptors (Lipinski definition) is 10. The van der Waals surface area contributed by atoms with E-state index < -0.39 is 52.7 Å². The number of amides is 1. The van der Waals surface area contributed by atoms with Crippen molar-refractivity contribution in [2.75, 3.05) is 24.5 Å². The maximum Gasteiger partial charge on any atom is 0.573 e. The van der Waals surface area contributed by atoms with Crippen molar-refractivity contribution in [1.29, 1.82) is 0 Å². The number of alkyl halides is 8. The molecule has 0 spiro atoms. The largest absolute Gasteiger partial charge is 0.573 e. The van der Waals surface area contributed by atoms with E-state index in [0.29, 0.717) is 5.56 Å². The van der Waals surface area contributed by atoms with E-state index in [1.807, 2.05) is 0 Å². The van der Waals surface area contributed by atoms with Crippen LogP contribution in [0.5, 0.6) is 11.5 Å². The van der Waals surface area contributed by atoms with Gasteiger partial charge in [0.05, 0.1) is 15.8 Å². The van der Waals surface area contributed by atoms with Crippen molar-refractivity contribution in [2.24, 2.45) is 0 Å². The molecule has 11 nitrogen and oxygen atoms in total. The summed E-state index contributed by atoms with van der Waals surface area (Å²) in [6.07, 6.45) is -8.79. The average molecular weight is 713 g/mol. The summed E-state index contributed by atoms with van der Waals surface area (Å²) in [6.45, 7) is -4.08. The lowest BCUT2D eigenvalue weighted by Crippen LogP contribution is -2.60. The summed E-state index contributed by atoms with van der Waals surface area (Å²) >= 11 is 0.919. The zero-order valence-corrected chi connectivity index (χ0v) is 24.9. The Bertz CT molecular complexity index is 1840. The number of carbonyl (C=O) groups is 1. The zero-order valence-electron chi connectivity index (χ0n) is 23.3. The van der Waals surface area contributed by atoms with Crippen LogP contribution in [0.1, 0.15) is 11.4 Å². The van der Waals surface area contributed by atoms with Crippen molar-refractivity contribution in [1.82, 2.24) is 24.6 Å². The van der Waals surface area contributed by atoms with Crippen LogP contribution < -0.4 is 19.7 Å². The maximum atomic E-state index is 13.7. The molecule has 0 saturated carbocycles. The number of anilines is 1. The molecule has 1 N–H and O–H groups in total. The highest BCUT2D eigenvalue weighted by atomic mass is 32.2. The molecule has 1 amide bonds. The number of piperazine rings is 1. The van der Waals surface area contributed by atoms with Gasteiger partial charge >= 0.3 is 19.2 Å². The average Bonchev–Trinajstić information content (AvgIpc) is 3.43. The Balaban J connectivity index is 1.40. The standard InChI is InChI=1S/C26H20F8N6O5S2/c27-23(28)44-15-5-7-17(8-6-15)47(42,43)40-10-9-39(24-38-20-19(46-24)12-36-22(37-20)25(29,30)31)13-18(40)21(41)35-11-14-1-3-16(4-2-14)45-26(32,33)34/h1-8,12,18,23H,9-11,13H2,(H,35,41)/t18-/m1/s1. The fourth-order valence-electron chi connectivity index (χ4n) is 4.48. The van der Waals surface area contributed by atoms with E-state index in [1.165, 1.54) is 17.0 Å². The minimum Gasteiger partial charge on any atom is -0.435 e. The summed E-state index contributed by atoms with van der Waals surface area (Å²) in [7, 11) is -4.44. The molecule has 0 radical (unpaired) electrons. The molecule has 4 aromatic rings. The first kappa shape index (κ1) is 34.0. The van der Waals surface area contributed by atoms with Gasteiger partial charge in [0.1, 0.15) is 17.5 Å². The Morgan fingerprint density at radius 1 is 0.979 bits per heavy atom. The highest BCUT2D eigenvalue weighted by Gasteiger charge is 2.41. The fraction of sp³-hybridized carbons (Fsp3) is 0.308. The number of rotatable bonds is 9. The van der Waals surface area contributed by atoms with E-state index in [0.717, 1.165) is 58.2 Å². The van der Waals surface area contributed by atoms with E-state index in [4.69, 9.17) is 0 Å². The molecule has 2 aromatic carbocycles. The molecule has 47 heavy (non-hydrogen) atoms. The lowest BCUT2D eigenvalue weighted by molar-refractivity contribution is -0.274. The predicted molar refractivity (Wildman–Crippen MR) is 148 cm³/mol. The van der Waals surface area contributed by atoms with Gasteiger partial charge in [0, 0.05) is 26.2 Å². The minimum atomic E-state index is -4.91. The number of ether oxygens (including phenoxy) is 2. The van der Waals surface area contributed by atoms with Gasteiger partial charge in [0.15, 0.2) is 10.8 Å². The van der Waals surface area contributed by atoms with E-state index >= 15 is 0 Å². The Kier molecular flexibility index (Phi) is 9.42. The first-order valence-electron chi connectivity index (χ1n) is 13.1. The van der Waals surface area contributed by atoms with Crippen molar-refractivity contribution >= 4 is 42.7 Å². The van der Waals surface area contributed by atoms with E-state index in [9.17, 15) is 48.3 Å². The summed E-state index contributed by atoms with van der Waals surface area (Å²) in [4.78, 5) is 25.5. The number of fused-ring (bicyclic) bond motifs is 1. The topological polar surface area (TPSA) is 127 Å². The molecular formula is C26H20F8N6O5S2. The summed E-state index contributed by atoms with van der Waals surface area (Å²) in [5.74, 6) is -3.04. The van der Waals surface area contributed by atoms with Gasteiger partial charge in [-0.25, -0.2) is 18.4 Å². The molecule has 3 heterocycles. The number of nitrogens with zero attached hydrogens (tertiary/aromatic N) is 5. The second-order valence-electron chi connectivity index (χ2n) is 9.71. The number of aromatic nitrogens is 3. The highest BCUT2D eigenvalue weighted by Crippen LogP contribution is 2.33. The van der Waals surface area contributed by atoms with Gasteiger partial charge in [-0.05, 0) is 42.0 Å². The molecule has 0 unspecified atom stereocenters. The van der Waals surface area contributed by atoms with Gasteiger partial charge in [-0.1, -0.05) is 23.5 Å². The lowest BCUT2D eigenvalue weighted by atomic mass is 10.1. The Hall–Kier alpha value is -4.37. The quantitative estimate of drug-likeness (QED) is 0.244. The van der Waals surface area contributed by atoms with Crippen LogP contribution in [0.15, 0.2) is 59.6 Å². The normalized spacial score (nSPS) is 16.4. The number of sulfonamides is 1. The van der Waals surface area contributed by atoms with Crippen LogP contribution in [0, 0.1) is 0 Å². The summed E-state index contributed by atoms with van der Waals surface area (Å²) in [6, 6.07) is 7.15. The van der Waals surface area contributed by atoms with Crippen LogP contribution in [0.3, 0.4) is 0 Å². The van der Waals surface area contributed by atoms with Crippen LogP contribution in [-0.4, -0.2) is 72.2 Å². The SMILES string of the molecule is O=C(NCc1ccc(OC(F)(F)F)cc1)[C@H]1CN(c2nc3nc(C(F)(F)F)ncc3s2)CCN1S(=O)(=O)c1ccc(OC(F)F)cc1. The van der Waals surface area contributed by atoms with Gasteiger partial charge in [0.25, 0.3) is 0 Å². The summed E-state index contributed by atoms with van der Waals surface area (Å²) in [5, 5.41) is 2.68. The first-order valence-corrected chi connectivity index (χ1v) is 15.4. The molecule has 5 rings (SSSR count). The molecule has 252 valence electrons. The number of benzene rings is 2. The van der Waals surface area contributed by atoms with Crippen molar-refractivity contribution in [3.05, 3.63) is 66.1 Å². The summed E-state index contributed by atoms with van der Waals surface area (Å²) in [5.41, 5.74) is 0.0854. The second kappa shape index (κ2) is 13.0. The van der Waals surface area contributed by atoms with Gasteiger partial charge in [-0.15, -0.1) is 13.2 Å². The number of nitrogens with one attached hydrogen (secondary N) is 1. The van der Waals surface area contributed by atoms with Crippen LogP contribution in [0.2, 0.25) is 0 Å². The first-order chi connectivity index (χ1) is 22.0. The smallest absolute Gasteiger partial charge is 0.435 e. The highest BCUT2D eigenvalue weighted by molar-refractivity contribution is 7.89. The predicted octanol–water partition coefficient (Wildman–Crippen LogP) is 4.80. The molecule has 21 heteroatoms. The van der Waals surface area contributed by atoms with Crippen molar-refractivity contribution in [3.8, 4) is 11.5 Å². The number of thiazole rings is 1. The Morgan fingerprint density at radius 2 is 1.64 bits per heavy atom. The molecule has 1 aliphatic rings. The second-order valence-corrected chi connectivity index (χ2v) is 12.6. The van der Waals surface area contributed by atoms with Gasteiger partial charge in [-0.3, -0.25) is 4.79 Å². The van der Waals surface area contributed by atoms with Crippen molar-refractivity contribution < 1.29 is 57.8 Å². The van der Waals surface area contributed by atoms with Gasteiger partial charge in [0.2, 0.25) is 21.8 Å². The summed E-state index contributed by atoms with van der Waals surface area (Å²) < 4.78 is 138. The maximum absolute atomic E-state index is 13.7. The number of carbonyl (C=O) groups excluding carboxylic acids is 1. The van der Waals surface area contributed by atoms with Crippen LogP contribution in [-0.2, 0) is 27.5 Å². The minimum absolute atomic E-state index is 0.0599. The third-order valence-corrected chi connectivity index (χ3v) is 9.54. The molecule has 0 bridgehead atoms. The zero-order chi connectivity index (χ0) is 34.1.